The molecule has 2 atom stereocenters. The summed E-state index contributed by atoms with van der Waals surface area (Å²) in [6, 6.07) is 3.89. The minimum absolute atomic E-state index is 0.00102. The Labute approximate surface area is 151 Å². The molecule has 0 saturated carbocycles. The fourth-order valence-corrected chi connectivity index (χ4v) is 4.73. The first-order valence-corrected chi connectivity index (χ1v) is 9.75. The molecule has 1 N–H and O–H groups in total. The minimum Gasteiger partial charge on any atom is -0.598 e. The maximum atomic E-state index is 12.4. The average Bonchev–Trinajstić information content (AvgIpc) is 2.95. The van der Waals surface area contributed by atoms with E-state index in [2.05, 4.69) is 31.3 Å². The molecule has 2 heterocycles. The van der Waals surface area contributed by atoms with Gasteiger partial charge in [0.2, 0.25) is 0 Å². The van der Waals surface area contributed by atoms with Crippen LogP contribution in [0.15, 0.2) is 16.6 Å². The Morgan fingerprint density at radius 3 is 2.68 bits per heavy atom. The lowest BCUT2D eigenvalue weighted by Gasteiger charge is -2.27. The molecule has 1 aliphatic rings. The Bertz CT molecular complexity index is 741. The summed E-state index contributed by atoms with van der Waals surface area (Å²) in [6.07, 6.45) is 1.84. The average molecular weight is 424 g/mol. The Morgan fingerprint density at radius 1 is 1.36 bits per heavy atom. The van der Waals surface area contributed by atoms with Crippen molar-refractivity contribution >= 4 is 61.4 Å². The highest BCUT2D eigenvalue weighted by atomic mass is 79.9. The number of benzene rings is 1. The Hall–Kier alpha value is 0.0900. The van der Waals surface area contributed by atoms with Crippen LogP contribution in [0, 0.1) is 0 Å². The largest absolute Gasteiger partial charge is 0.598 e. The molecule has 22 heavy (non-hydrogen) atoms. The van der Waals surface area contributed by atoms with Gasteiger partial charge in [0.1, 0.15) is 10.9 Å². The topological polar surface area (TPSA) is 40.0 Å². The number of rotatable bonds is 2. The Balaban J connectivity index is 2.07. The van der Waals surface area contributed by atoms with E-state index in [0.717, 1.165) is 28.2 Å². The highest BCUT2D eigenvalue weighted by Crippen LogP contribution is 2.42. The molecule has 0 fully saturated rings. The second kappa shape index (κ2) is 5.87. The molecule has 0 radical (unpaired) electrons. The van der Waals surface area contributed by atoms with Crippen molar-refractivity contribution < 1.29 is 4.55 Å². The summed E-state index contributed by atoms with van der Waals surface area (Å²) in [6.45, 7) is 5.89. The fourth-order valence-electron chi connectivity index (χ4n) is 2.73. The first-order valence-electron chi connectivity index (χ1n) is 7.05. The lowest BCUT2D eigenvalue weighted by molar-refractivity contribution is 0.472. The zero-order valence-corrected chi connectivity index (χ0v) is 16.5. The predicted molar refractivity (Wildman–Crippen MR) is 98.0 cm³/mol. The van der Waals surface area contributed by atoms with Crippen LogP contribution in [0.1, 0.15) is 39.1 Å². The van der Waals surface area contributed by atoms with E-state index in [9.17, 15) is 4.55 Å². The lowest BCUT2D eigenvalue weighted by atomic mass is 10.2. The molecule has 0 aliphatic carbocycles. The standard InChI is InChI=1S/C15H17BrCl2N2OS/c1-15(2,3)22(21)19-12-5-4-8-6-9-13(18)11(17)7-10(16)14(9)20(8)12/h6-7,12,19H,4-5H2,1-3H3/t12-,22?/m1/s1. The van der Waals surface area contributed by atoms with E-state index in [1.54, 1.807) is 0 Å². The van der Waals surface area contributed by atoms with E-state index in [1.807, 2.05) is 26.8 Å². The zero-order valence-electron chi connectivity index (χ0n) is 12.5. The van der Waals surface area contributed by atoms with Crippen LogP contribution in [0.2, 0.25) is 10.0 Å². The van der Waals surface area contributed by atoms with Crippen LogP contribution in [-0.2, 0) is 17.8 Å². The van der Waals surface area contributed by atoms with Crippen molar-refractivity contribution in [1.82, 2.24) is 9.29 Å². The van der Waals surface area contributed by atoms with Gasteiger partial charge in [-0.15, -0.1) is 4.72 Å². The second-order valence-electron chi connectivity index (χ2n) is 6.48. The molecule has 120 valence electrons. The van der Waals surface area contributed by atoms with Crippen molar-refractivity contribution in [2.45, 2.75) is 44.5 Å². The summed E-state index contributed by atoms with van der Waals surface area (Å²) in [5.74, 6) is 0. The minimum atomic E-state index is -1.12. The van der Waals surface area contributed by atoms with Gasteiger partial charge in [-0.3, -0.25) is 0 Å². The summed E-state index contributed by atoms with van der Waals surface area (Å²) < 4.78 is 18.5. The van der Waals surface area contributed by atoms with Gasteiger partial charge in [-0.2, -0.15) is 0 Å². The first-order chi connectivity index (χ1) is 10.2. The van der Waals surface area contributed by atoms with Crippen LogP contribution in [0.4, 0.5) is 0 Å². The Kier molecular flexibility index (Phi) is 4.52. The maximum Gasteiger partial charge on any atom is 0.137 e. The number of hydrogen-bond acceptors (Lipinski definition) is 2. The summed E-state index contributed by atoms with van der Waals surface area (Å²) >= 11 is 15.0. The van der Waals surface area contributed by atoms with Gasteiger partial charge in [-0.25, -0.2) is 0 Å². The normalized spacial score (nSPS) is 19.7. The van der Waals surface area contributed by atoms with Gasteiger partial charge < -0.3 is 9.12 Å². The molecular formula is C15H17BrCl2N2OS. The van der Waals surface area contributed by atoms with E-state index >= 15 is 0 Å². The summed E-state index contributed by atoms with van der Waals surface area (Å²) in [7, 11) is 0. The van der Waals surface area contributed by atoms with E-state index in [-0.39, 0.29) is 10.9 Å². The van der Waals surface area contributed by atoms with E-state index in [0.29, 0.717) is 10.0 Å². The molecule has 3 nitrogen and oxygen atoms in total. The fraction of sp³-hybridized carbons (Fsp3) is 0.467. The predicted octanol–water partition coefficient (Wildman–Crippen LogP) is 5.21. The van der Waals surface area contributed by atoms with Crippen molar-refractivity contribution in [3.8, 4) is 0 Å². The molecular weight excluding hydrogens is 407 g/mol. The molecule has 1 unspecified atom stereocenters. The van der Waals surface area contributed by atoms with Crippen LogP contribution >= 0.6 is 39.1 Å². The van der Waals surface area contributed by atoms with Crippen LogP contribution in [0.25, 0.3) is 10.9 Å². The quantitative estimate of drug-likeness (QED) is 0.532. The number of halogens is 3. The van der Waals surface area contributed by atoms with E-state index < -0.39 is 11.4 Å². The number of aryl methyl sites for hydroxylation is 1. The molecule has 3 rings (SSSR count). The summed E-state index contributed by atoms with van der Waals surface area (Å²) in [4.78, 5) is 0. The molecule has 0 spiro atoms. The number of hydrogen-bond donors (Lipinski definition) is 1. The Morgan fingerprint density at radius 2 is 2.05 bits per heavy atom. The van der Waals surface area contributed by atoms with Crippen LogP contribution < -0.4 is 4.72 Å². The monoisotopic (exact) mass is 422 g/mol. The third kappa shape index (κ3) is 2.80. The van der Waals surface area contributed by atoms with Crippen LogP contribution in [0.5, 0.6) is 0 Å². The first kappa shape index (κ1) is 16.9. The number of nitrogens with one attached hydrogen (secondary N) is 1. The van der Waals surface area contributed by atoms with Crippen molar-refractivity contribution in [3.63, 3.8) is 0 Å². The molecule has 0 bridgehead atoms. The number of aromatic nitrogens is 1. The molecule has 1 aromatic heterocycles. The highest BCUT2D eigenvalue weighted by molar-refractivity contribution is 9.10. The van der Waals surface area contributed by atoms with Gasteiger partial charge in [0.15, 0.2) is 0 Å². The molecule has 0 amide bonds. The lowest BCUT2D eigenvalue weighted by Crippen LogP contribution is -2.42. The van der Waals surface area contributed by atoms with E-state index in [1.165, 1.54) is 5.69 Å². The maximum absolute atomic E-state index is 12.4. The van der Waals surface area contributed by atoms with Gasteiger partial charge >= 0.3 is 0 Å². The summed E-state index contributed by atoms with van der Waals surface area (Å²) in [5.41, 5.74) is 2.19. The van der Waals surface area contributed by atoms with Gasteiger partial charge in [0.05, 0.1) is 15.6 Å². The van der Waals surface area contributed by atoms with Gasteiger partial charge in [-0.05, 0) is 61.7 Å². The third-order valence-electron chi connectivity index (χ3n) is 3.83. The van der Waals surface area contributed by atoms with Gasteiger partial charge in [-0.1, -0.05) is 23.2 Å². The van der Waals surface area contributed by atoms with Crippen molar-refractivity contribution in [2.75, 3.05) is 0 Å². The van der Waals surface area contributed by atoms with Crippen LogP contribution in [0.3, 0.4) is 0 Å². The van der Waals surface area contributed by atoms with Crippen molar-refractivity contribution in [3.05, 3.63) is 32.3 Å². The number of fused-ring (bicyclic) bond motifs is 3. The van der Waals surface area contributed by atoms with Crippen LogP contribution in [-0.4, -0.2) is 13.9 Å². The molecule has 1 aromatic carbocycles. The van der Waals surface area contributed by atoms with Crippen molar-refractivity contribution in [2.24, 2.45) is 0 Å². The van der Waals surface area contributed by atoms with Gasteiger partial charge in [0.25, 0.3) is 0 Å². The number of nitrogens with zero attached hydrogens (tertiary/aromatic N) is 1. The third-order valence-corrected chi connectivity index (χ3v) is 6.83. The molecule has 0 saturated heterocycles. The zero-order chi connectivity index (χ0) is 16.2. The van der Waals surface area contributed by atoms with Gasteiger partial charge in [0, 0.05) is 26.9 Å². The second-order valence-corrected chi connectivity index (χ2v) is 10.1. The van der Waals surface area contributed by atoms with Crippen molar-refractivity contribution in [1.29, 1.82) is 0 Å². The smallest absolute Gasteiger partial charge is 0.137 e. The SMILES string of the molecule is CC(C)(C)[S+]([O-])N[C@H]1CCc2cc3c(Cl)c(Cl)cc(Br)c3n21. The highest BCUT2D eigenvalue weighted by Gasteiger charge is 2.34. The summed E-state index contributed by atoms with van der Waals surface area (Å²) in [5, 5.41) is 2.04. The molecule has 2 aromatic rings. The molecule has 1 aliphatic heterocycles. The van der Waals surface area contributed by atoms with E-state index in [4.69, 9.17) is 23.2 Å². The molecule has 7 heteroatoms.